The smallest absolute Gasteiger partial charge is 0.222 e. The van der Waals surface area contributed by atoms with E-state index in [1.807, 2.05) is 0 Å². The summed E-state index contributed by atoms with van der Waals surface area (Å²) in [6, 6.07) is 0.600. The largest absolute Gasteiger partial charge is 0.341 e. The zero-order valence-electron chi connectivity index (χ0n) is 15.7. The summed E-state index contributed by atoms with van der Waals surface area (Å²) in [6.07, 6.45) is 5.72. The van der Waals surface area contributed by atoms with E-state index in [2.05, 4.69) is 35.9 Å². The van der Waals surface area contributed by atoms with Crippen molar-refractivity contribution in [3.8, 4) is 0 Å². The molecule has 1 amide bonds. The van der Waals surface area contributed by atoms with Gasteiger partial charge in [-0.2, -0.15) is 0 Å². The Morgan fingerprint density at radius 1 is 1.17 bits per heavy atom. The maximum absolute atomic E-state index is 12.8. The molecule has 2 aliphatic heterocycles. The first-order valence-electron chi connectivity index (χ1n) is 9.65. The monoisotopic (exact) mass is 357 g/mol. The molecule has 3 fully saturated rings. The van der Waals surface area contributed by atoms with Crippen molar-refractivity contribution in [1.29, 1.82) is 0 Å². The zero-order chi connectivity index (χ0) is 16.4. The predicted octanol–water partition coefficient (Wildman–Crippen LogP) is 2.77. The van der Waals surface area contributed by atoms with E-state index in [0.717, 1.165) is 58.0 Å². The van der Waals surface area contributed by atoms with E-state index in [1.54, 1.807) is 0 Å². The third kappa shape index (κ3) is 5.09. The van der Waals surface area contributed by atoms with E-state index in [0.29, 0.717) is 23.3 Å². The van der Waals surface area contributed by atoms with E-state index in [-0.39, 0.29) is 12.4 Å². The van der Waals surface area contributed by atoms with Crippen LogP contribution in [0.2, 0.25) is 0 Å². The number of piperazine rings is 1. The van der Waals surface area contributed by atoms with E-state index >= 15 is 0 Å². The molecule has 140 valence electrons. The van der Waals surface area contributed by atoms with Gasteiger partial charge in [0.25, 0.3) is 0 Å². The highest BCUT2D eigenvalue weighted by atomic mass is 35.5. The molecule has 4 nitrogen and oxygen atoms in total. The standard InChI is InChI=1S/C19H35N3O.ClH/c1-15-10-16(13-19(2,3)12-15)11-18(23)22-7-4-17(14-22)21-8-5-20-6-9-21;/h15-17,20H,4-14H2,1-3H3;1H. The van der Waals surface area contributed by atoms with Gasteiger partial charge in [0.15, 0.2) is 0 Å². The van der Waals surface area contributed by atoms with Gasteiger partial charge in [-0.15, -0.1) is 12.4 Å². The Labute approximate surface area is 154 Å². The van der Waals surface area contributed by atoms with Crippen LogP contribution in [-0.4, -0.2) is 61.0 Å². The van der Waals surface area contributed by atoms with Gasteiger partial charge in [-0.05, 0) is 42.9 Å². The summed E-state index contributed by atoms with van der Waals surface area (Å²) in [7, 11) is 0. The van der Waals surface area contributed by atoms with Crippen LogP contribution >= 0.6 is 12.4 Å². The molecule has 2 saturated heterocycles. The average molecular weight is 358 g/mol. The molecule has 1 saturated carbocycles. The molecular weight excluding hydrogens is 322 g/mol. The third-order valence-electron chi connectivity index (χ3n) is 6.13. The predicted molar refractivity (Wildman–Crippen MR) is 102 cm³/mol. The molecular formula is C19H36ClN3O. The van der Waals surface area contributed by atoms with Crippen LogP contribution < -0.4 is 5.32 Å². The van der Waals surface area contributed by atoms with Gasteiger partial charge in [0, 0.05) is 51.7 Å². The molecule has 0 bridgehead atoms. The van der Waals surface area contributed by atoms with Crippen molar-refractivity contribution < 1.29 is 4.79 Å². The number of amides is 1. The minimum atomic E-state index is 0. The molecule has 3 atom stereocenters. The van der Waals surface area contributed by atoms with Gasteiger partial charge in [-0.1, -0.05) is 20.8 Å². The number of nitrogens with one attached hydrogen (secondary N) is 1. The van der Waals surface area contributed by atoms with Gasteiger partial charge in [0.2, 0.25) is 5.91 Å². The van der Waals surface area contributed by atoms with Crippen LogP contribution in [-0.2, 0) is 4.79 Å². The highest BCUT2D eigenvalue weighted by molar-refractivity contribution is 5.85. The number of nitrogens with zero attached hydrogens (tertiary/aromatic N) is 2. The second-order valence-corrected chi connectivity index (χ2v) is 9.05. The molecule has 3 unspecified atom stereocenters. The maximum Gasteiger partial charge on any atom is 0.222 e. The molecule has 0 aromatic heterocycles. The minimum absolute atomic E-state index is 0. The fraction of sp³-hybridized carbons (Fsp3) is 0.947. The van der Waals surface area contributed by atoms with Gasteiger partial charge in [-0.25, -0.2) is 0 Å². The Balaban J connectivity index is 0.00000208. The first-order valence-corrected chi connectivity index (χ1v) is 9.65. The lowest BCUT2D eigenvalue weighted by atomic mass is 9.67. The Hall–Kier alpha value is -0.320. The Morgan fingerprint density at radius 3 is 2.54 bits per heavy atom. The van der Waals surface area contributed by atoms with Crippen molar-refractivity contribution in [2.45, 2.75) is 58.9 Å². The topological polar surface area (TPSA) is 35.6 Å². The first-order chi connectivity index (χ1) is 10.9. The van der Waals surface area contributed by atoms with Gasteiger partial charge in [-0.3, -0.25) is 9.69 Å². The van der Waals surface area contributed by atoms with Crippen molar-refractivity contribution in [2.24, 2.45) is 17.3 Å². The van der Waals surface area contributed by atoms with Crippen LogP contribution in [0.1, 0.15) is 52.9 Å². The molecule has 5 heteroatoms. The Kier molecular flexibility index (Phi) is 6.98. The Morgan fingerprint density at radius 2 is 1.88 bits per heavy atom. The maximum atomic E-state index is 12.8. The summed E-state index contributed by atoms with van der Waals surface area (Å²) in [4.78, 5) is 17.5. The number of hydrogen-bond donors (Lipinski definition) is 1. The average Bonchev–Trinajstić information content (AvgIpc) is 2.96. The summed E-state index contributed by atoms with van der Waals surface area (Å²) in [5, 5.41) is 3.42. The molecule has 24 heavy (non-hydrogen) atoms. The summed E-state index contributed by atoms with van der Waals surface area (Å²) in [5.74, 6) is 1.78. The number of carbonyl (C=O) groups is 1. The number of hydrogen-bond acceptors (Lipinski definition) is 3. The lowest BCUT2D eigenvalue weighted by molar-refractivity contribution is -0.132. The van der Waals surface area contributed by atoms with Crippen LogP contribution in [0, 0.1) is 17.3 Å². The molecule has 0 aromatic carbocycles. The van der Waals surface area contributed by atoms with Gasteiger partial charge in [0.1, 0.15) is 0 Å². The third-order valence-corrected chi connectivity index (χ3v) is 6.13. The second-order valence-electron chi connectivity index (χ2n) is 9.05. The number of halogens is 1. The van der Waals surface area contributed by atoms with Crippen LogP contribution in [0.25, 0.3) is 0 Å². The SMILES string of the molecule is CC1CC(CC(=O)N2CCC(N3CCNCC3)C2)CC(C)(C)C1.Cl. The van der Waals surface area contributed by atoms with E-state index in [1.165, 1.54) is 19.3 Å². The molecule has 2 heterocycles. The van der Waals surface area contributed by atoms with Gasteiger partial charge < -0.3 is 10.2 Å². The van der Waals surface area contributed by atoms with E-state index < -0.39 is 0 Å². The molecule has 0 aromatic rings. The highest BCUT2D eigenvalue weighted by Crippen LogP contribution is 2.43. The first kappa shape index (κ1) is 20.0. The number of rotatable bonds is 3. The van der Waals surface area contributed by atoms with Crippen molar-refractivity contribution in [2.75, 3.05) is 39.3 Å². The highest BCUT2D eigenvalue weighted by Gasteiger charge is 2.35. The fourth-order valence-corrected chi connectivity index (χ4v) is 5.39. The number of carbonyl (C=O) groups excluding carboxylic acids is 1. The lowest BCUT2D eigenvalue weighted by Crippen LogP contribution is -2.49. The van der Waals surface area contributed by atoms with Gasteiger partial charge in [0.05, 0.1) is 0 Å². The van der Waals surface area contributed by atoms with Crippen LogP contribution in [0.4, 0.5) is 0 Å². The van der Waals surface area contributed by atoms with Crippen molar-refractivity contribution in [3.05, 3.63) is 0 Å². The second kappa shape index (κ2) is 8.37. The fourth-order valence-electron chi connectivity index (χ4n) is 5.39. The van der Waals surface area contributed by atoms with Gasteiger partial charge >= 0.3 is 0 Å². The summed E-state index contributed by atoms with van der Waals surface area (Å²) < 4.78 is 0. The normalized spacial score (nSPS) is 34.0. The molecule has 0 radical (unpaired) electrons. The lowest BCUT2D eigenvalue weighted by Gasteiger charge is -2.39. The molecule has 3 rings (SSSR count). The van der Waals surface area contributed by atoms with Crippen molar-refractivity contribution in [1.82, 2.24) is 15.1 Å². The number of likely N-dealkylation sites (tertiary alicyclic amines) is 1. The van der Waals surface area contributed by atoms with E-state index in [9.17, 15) is 4.79 Å². The van der Waals surface area contributed by atoms with E-state index in [4.69, 9.17) is 0 Å². The van der Waals surface area contributed by atoms with Crippen LogP contribution in [0.5, 0.6) is 0 Å². The van der Waals surface area contributed by atoms with Crippen molar-refractivity contribution in [3.63, 3.8) is 0 Å². The van der Waals surface area contributed by atoms with Crippen LogP contribution in [0.3, 0.4) is 0 Å². The Bertz CT molecular complexity index is 423. The summed E-state index contributed by atoms with van der Waals surface area (Å²) in [5.41, 5.74) is 0.414. The quantitative estimate of drug-likeness (QED) is 0.843. The summed E-state index contributed by atoms with van der Waals surface area (Å²) >= 11 is 0. The van der Waals surface area contributed by atoms with Crippen molar-refractivity contribution >= 4 is 18.3 Å². The molecule has 1 aliphatic carbocycles. The molecule has 3 aliphatic rings. The minimum Gasteiger partial charge on any atom is -0.341 e. The summed E-state index contributed by atoms with van der Waals surface area (Å²) in [6.45, 7) is 13.5. The van der Waals surface area contributed by atoms with Crippen LogP contribution in [0.15, 0.2) is 0 Å². The zero-order valence-corrected chi connectivity index (χ0v) is 16.5. The molecule has 0 spiro atoms. The molecule has 1 N–H and O–H groups in total.